The summed E-state index contributed by atoms with van der Waals surface area (Å²) in [6.07, 6.45) is 3.62. The number of amides is 1. The van der Waals surface area contributed by atoms with E-state index in [1.807, 2.05) is 40.6 Å². The third-order valence-electron chi connectivity index (χ3n) is 7.06. The number of para-hydroxylation sites is 1. The van der Waals surface area contributed by atoms with Gasteiger partial charge in [0.25, 0.3) is 0 Å². The largest absolute Gasteiger partial charge is 0.352 e. The van der Waals surface area contributed by atoms with Gasteiger partial charge in [-0.2, -0.15) is 0 Å². The lowest BCUT2D eigenvalue weighted by molar-refractivity contribution is -0.122. The molecule has 0 radical (unpaired) electrons. The molecule has 1 N–H and O–H groups in total. The first-order valence-electron chi connectivity index (χ1n) is 10.7. The molecule has 2 aromatic carbocycles. The molecule has 3 aliphatic heterocycles. The highest BCUT2D eigenvalue weighted by atomic mass is 32.1. The molecule has 164 valence electrons. The summed E-state index contributed by atoms with van der Waals surface area (Å²) in [5.41, 5.74) is 1.31. The van der Waals surface area contributed by atoms with Crippen LogP contribution >= 0.6 is 11.3 Å². The Morgan fingerprint density at radius 1 is 1.12 bits per heavy atom. The van der Waals surface area contributed by atoms with Gasteiger partial charge in [0.2, 0.25) is 5.91 Å². The fourth-order valence-electron chi connectivity index (χ4n) is 5.88. The van der Waals surface area contributed by atoms with Crippen LogP contribution in [0.5, 0.6) is 0 Å². The zero-order valence-corrected chi connectivity index (χ0v) is 18.4. The molecule has 7 heteroatoms. The Bertz CT molecular complexity index is 1370. The van der Waals surface area contributed by atoms with Crippen LogP contribution < -0.4 is 10.2 Å². The second-order valence-corrected chi connectivity index (χ2v) is 9.61. The minimum atomic E-state index is -1.30. The van der Waals surface area contributed by atoms with Crippen molar-refractivity contribution in [3.8, 4) is 0 Å². The first kappa shape index (κ1) is 20.1. The van der Waals surface area contributed by atoms with Gasteiger partial charge in [0.15, 0.2) is 11.6 Å². The van der Waals surface area contributed by atoms with E-state index in [1.54, 1.807) is 24.3 Å². The smallest absolute Gasteiger partial charge is 0.238 e. The molecule has 1 amide bonds. The Morgan fingerprint density at radius 3 is 2.70 bits per heavy atom. The average Bonchev–Trinajstić information content (AvgIpc) is 3.50. The summed E-state index contributed by atoms with van der Waals surface area (Å²) in [6.45, 7) is 1.45. The fourth-order valence-corrected chi connectivity index (χ4v) is 6.58. The molecule has 0 bridgehead atoms. The molecule has 5 nitrogen and oxygen atoms in total. The average molecular weight is 459 g/mol. The number of hydrogen-bond donors (Lipinski definition) is 1. The van der Waals surface area contributed by atoms with Crippen LogP contribution in [0.3, 0.4) is 0 Å². The van der Waals surface area contributed by atoms with Gasteiger partial charge >= 0.3 is 0 Å². The molecular weight excluding hydrogens is 439 g/mol. The van der Waals surface area contributed by atoms with Crippen LogP contribution in [0.15, 0.2) is 66.1 Å². The van der Waals surface area contributed by atoms with Crippen molar-refractivity contribution in [3.63, 3.8) is 0 Å². The molecule has 1 aromatic heterocycles. The summed E-state index contributed by atoms with van der Waals surface area (Å²) in [5.74, 6) is -2.08. The van der Waals surface area contributed by atoms with Gasteiger partial charge in [0.1, 0.15) is 11.2 Å². The quantitative estimate of drug-likeness (QED) is 0.589. The van der Waals surface area contributed by atoms with E-state index in [-0.39, 0.29) is 23.3 Å². The first-order valence-corrected chi connectivity index (χ1v) is 11.6. The molecule has 33 heavy (non-hydrogen) atoms. The molecule has 0 saturated carbocycles. The van der Waals surface area contributed by atoms with Gasteiger partial charge in [-0.1, -0.05) is 36.4 Å². The van der Waals surface area contributed by atoms with E-state index in [0.29, 0.717) is 27.4 Å². The highest BCUT2D eigenvalue weighted by Gasteiger charge is 2.69. The summed E-state index contributed by atoms with van der Waals surface area (Å²) in [7, 11) is 0. The van der Waals surface area contributed by atoms with Crippen LogP contribution in [0, 0.1) is 11.7 Å². The maximum Gasteiger partial charge on any atom is 0.238 e. The highest BCUT2D eigenvalue weighted by Crippen LogP contribution is 2.57. The number of carbonyl (C=O) groups excluding carboxylic acids is 3. The Kier molecular flexibility index (Phi) is 4.23. The van der Waals surface area contributed by atoms with Crippen molar-refractivity contribution in [3.05, 3.63) is 87.9 Å². The fraction of sp³-hybridized carbons (Fsp3) is 0.192. The Morgan fingerprint density at radius 2 is 1.94 bits per heavy atom. The first-order chi connectivity index (χ1) is 15.9. The monoisotopic (exact) mass is 458 g/mol. The highest BCUT2D eigenvalue weighted by molar-refractivity contribution is 7.12. The van der Waals surface area contributed by atoms with Crippen molar-refractivity contribution >= 4 is 46.3 Å². The number of hydrogen-bond acceptors (Lipinski definition) is 5. The molecule has 4 unspecified atom stereocenters. The van der Waals surface area contributed by atoms with Crippen molar-refractivity contribution in [2.75, 3.05) is 10.2 Å². The molecule has 0 aliphatic carbocycles. The Labute approximate surface area is 193 Å². The van der Waals surface area contributed by atoms with E-state index in [9.17, 15) is 18.8 Å². The molecule has 4 heterocycles. The molecule has 1 saturated heterocycles. The standard InChI is InChI=1S/C26H19FN2O3S/c1-14(30)23-22(24(31)20-7-4-12-33-20)26(17-5-2-3-6-18(17)28-25(26)32)21-11-8-15-13-16(27)9-10-19(15)29(21)23/h2-13,21-23H,1H3,(H,28,32). The normalized spacial score (nSPS) is 26.7. The number of thiophene rings is 1. The van der Waals surface area contributed by atoms with Crippen LogP contribution in [0.25, 0.3) is 6.08 Å². The van der Waals surface area contributed by atoms with Gasteiger partial charge in [-0.25, -0.2) is 4.39 Å². The lowest BCUT2D eigenvalue weighted by atomic mass is 9.65. The second-order valence-electron chi connectivity index (χ2n) is 8.66. The minimum absolute atomic E-state index is 0.213. The molecule has 6 rings (SSSR count). The molecule has 3 aromatic rings. The third-order valence-corrected chi connectivity index (χ3v) is 7.94. The van der Waals surface area contributed by atoms with Crippen molar-refractivity contribution < 1.29 is 18.8 Å². The molecular formula is C26H19FN2O3S. The van der Waals surface area contributed by atoms with E-state index < -0.39 is 23.4 Å². The maximum atomic E-state index is 14.0. The summed E-state index contributed by atoms with van der Waals surface area (Å²) in [5, 5.41) is 4.78. The predicted molar refractivity (Wildman–Crippen MR) is 125 cm³/mol. The molecule has 4 atom stereocenters. The minimum Gasteiger partial charge on any atom is -0.352 e. The zero-order valence-electron chi connectivity index (χ0n) is 17.6. The number of carbonyl (C=O) groups is 3. The topological polar surface area (TPSA) is 66.5 Å². The van der Waals surface area contributed by atoms with E-state index in [4.69, 9.17) is 0 Å². The molecule has 1 fully saturated rings. The predicted octanol–water partition coefficient (Wildman–Crippen LogP) is 4.45. The van der Waals surface area contributed by atoms with Gasteiger partial charge in [0.05, 0.1) is 22.9 Å². The summed E-state index contributed by atoms with van der Waals surface area (Å²) >= 11 is 1.30. The lowest BCUT2D eigenvalue weighted by Crippen LogP contribution is -2.51. The van der Waals surface area contributed by atoms with E-state index in [1.165, 1.54) is 30.4 Å². The van der Waals surface area contributed by atoms with E-state index >= 15 is 0 Å². The van der Waals surface area contributed by atoms with Gasteiger partial charge in [0, 0.05) is 16.9 Å². The zero-order chi connectivity index (χ0) is 22.9. The number of nitrogens with zero attached hydrogens (tertiary/aromatic N) is 1. The van der Waals surface area contributed by atoms with E-state index in [0.717, 1.165) is 0 Å². The number of nitrogens with one attached hydrogen (secondary N) is 1. The van der Waals surface area contributed by atoms with Crippen LogP contribution in [0.1, 0.15) is 27.7 Å². The summed E-state index contributed by atoms with van der Waals surface area (Å²) in [6, 6.07) is 13.8. The van der Waals surface area contributed by atoms with Gasteiger partial charge < -0.3 is 10.2 Å². The Hall–Kier alpha value is -3.58. The Balaban J connectivity index is 1.67. The van der Waals surface area contributed by atoms with Gasteiger partial charge in [-0.05, 0) is 48.2 Å². The molecule has 3 aliphatic rings. The van der Waals surface area contributed by atoms with Crippen molar-refractivity contribution in [1.82, 2.24) is 0 Å². The van der Waals surface area contributed by atoms with Gasteiger partial charge in [-0.3, -0.25) is 14.4 Å². The van der Waals surface area contributed by atoms with Crippen molar-refractivity contribution in [2.45, 2.75) is 24.4 Å². The SMILES string of the molecule is CC(=O)C1C(C(=O)c2cccs2)C2(C(=O)Nc3ccccc32)C2C=Cc3cc(F)ccc3N12. The maximum absolute atomic E-state index is 14.0. The number of ketones is 2. The van der Waals surface area contributed by atoms with Crippen molar-refractivity contribution in [2.24, 2.45) is 5.92 Å². The van der Waals surface area contributed by atoms with Gasteiger partial charge in [-0.15, -0.1) is 11.3 Å². The van der Waals surface area contributed by atoms with Crippen LogP contribution in [0.2, 0.25) is 0 Å². The van der Waals surface area contributed by atoms with Crippen LogP contribution in [-0.2, 0) is 15.0 Å². The number of benzene rings is 2. The summed E-state index contributed by atoms with van der Waals surface area (Å²) < 4.78 is 14.0. The van der Waals surface area contributed by atoms with Crippen LogP contribution in [-0.4, -0.2) is 29.6 Å². The number of halogens is 1. The third kappa shape index (κ3) is 2.54. The number of rotatable bonds is 3. The van der Waals surface area contributed by atoms with Crippen molar-refractivity contribution in [1.29, 1.82) is 0 Å². The molecule has 1 spiro atoms. The lowest BCUT2D eigenvalue weighted by Gasteiger charge is -2.37. The van der Waals surface area contributed by atoms with E-state index in [2.05, 4.69) is 5.32 Å². The second kappa shape index (κ2) is 6.96. The van der Waals surface area contributed by atoms with Crippen LogP contribution in [0.4, 0.5) is 15.8 Å². The number of anilines is 2. The summed E-state index contributed by atoms with van der Waals surface area (Å²) in [4.78, 5) is 43.4. The number of fused-ring (bicyclic) bond motifs is 6. The number of Topliss-reactive ketones (excluding diaryl/α,β-unsaturated/α-hetero) is 2.